The molecule has 0 spiro atoms. The standard InChI is InChI=1S/C8H11N7O2/c1-15-6-4(3-10-15)5(11-7(9)12-6)13-14-8(16)17-2/h3H,1-2H3,(H,14,16)(H3,9,11,12,13). The molecule has 2 rings (SSSR count). The number of carbonyl (C=O) groups excluding carboxylic acids is 1. The summed E-state index contributed by atoms with van der Waals surface area (Å²) < 4.78 is 5.96. The lowest BCUT2D eigenvalue weighted by Crippen LogP contribution is -2.29. The van der Waals surface area contributed by atoms with E-state index in [0.717, 1.165) is 0 Å². The highest BCUT2D eigenvalue weighted by molar-refractivity contribution is 5.87. The maximum absolute atomic E-state index is 10.9. The van der Waals surface area contributed by atoms with Crippen molar-refractivity contribution in [1.29, 1.82) is 0 Å². The Hall–Kier alpha value is -2.58. The first-order chi connectivity index (χ1) is 8.11. The van der Waals surface area contributed by atoms with Gasteiger partial charge in [0, 0.05) is 7.05 Å². The van der Waals surface area contributed by atoms with Gasteiger partial charge in [0.25, 0.3) is 0 Å². The van der Waals surface area contributed by atoms with E-state index < -0.39 is 6.09 Å². The minimum atomic E-state index is -0.640. The first kappa shape index (κ1) is 10.9. The molecule has 0 aliphatic rings. The summed E-state index contributed by atoms with van der Waals surface area (Å²) in [6.45, 7) is 0. The fourth-order valence-electron chi connectivity index (χ4n) is 1.30. The maximum Gasteiger partial charge on any atom is 0.425 e. The molecule has 0 bridgehead atoms. The predicted molar refractivity (Wildman–Crippen MR) is 59.9 cm³/mol. The van der Waals surface area contributed by atoms with Crippen molar-refractivity contribution in [2.45, 2.75) is 0 Å². The van der Waals surface area contributed by atoms with Crippen LogP contribution < -0.4 is 16.6 Å². The van der Waals surface area contributed by atoms with Crippen molar-refractivity contribution < 1.29 is 9.53 Å². The van der Waals surface area contributed by atoms with Gasteiger partial charge in [-0.2, -0.15) is 15.1 Å². The van der Waals surface area contributed by atoms with Gasteiger partial charge < -0.3 is 10.5 Å². The molecule has 0 aliphatic heterocycles. The van der Waals surface area contributed by atoms with E-state index in [2.05, 4.69) is 30.7 Å². The highest BCUT2D eigenvalue weighted by Crippen LogP contribution is 2.19. The third kappa shape index (κ3) is 2.02. The highest BCUT2D eigenvalue weighted by Gasteiger charge is 2.10. The Morgan fingerprint density at radius 2 is 2.29 bits per heavy atom. The van der Waals surface area contributed by atoms with Crippen LogP contribution in [0.15, 0.2) is 6.20 Å². The molecule has 0 saturated carbocycles. The summed E-state index contributed by atoms with van der Waals surface area (Å²) >= 11 is 0. The van der Waals surface area contributed by atoms with E-state index in [9.17, 15) is 4.79 Å². The molecule has 2 aromatic heterocycles. The van der Waals surface area contributed by atoms with Gasteiger partial charge in [0.15, 0.2) is 11.5 Å². The van der Waals surface area contributed by atoms with E-state index in [0.29, 0.717) is 16.9 Å². The maximum atomic E-state index is 10.9. The number of aryl methyl sites for hydroxylation is 1. The van der Waals surface area contributed by atoms with Gasteiger partial charge in [0.2, 0.25) is 5.95 Å². The average Bonchev–Trinajstić information content (AvgIpc) is 2.68. The van der Waals surface area contributed by atoms with Gasteiger partial charge in [-0.15, -0.1) is 0 Å². The molecule has 90 valence electrons. The molecule has 0 saturated heterocycles. The van der Waals surface area contributed by atoms with Crippen LogP contribution in [0.3, 0.4) is 0 Å². The summed E-state index contributed by atoms with van der Waals surface area (Å²) in [6.07, 6.45) is 0.926. The zero-order valence-electron chi connectivity index (χ0n) is 9.26. The lowest BCUT2D eigenvalue weighted by molar-refractivity contribution is 0.173. The Morgan fingerprint density at radius 1 is 1.53 bits per heavy atom. The number of hydrazine groups is 1. The quantitative estimate of drug-likeness (QED) is 0.609. The Balaban J connectivity index is 2.36. The van der Waals surface area contributed by atoms with E-state index in [-0.39, 0.29) is 5.95 Å². The van der Waals surface area contributed by atoms with E-state index in [1.165, 1.54) is 7.11 Å². The van der Waals surface area contributed by atoms with Gasteiger partial charge >= 0.3 is 6.09 Å². The molecular weight excluding hydrogens is 226 g/mol. The molecule has 1 amide bonds. The number of nitrogens with zero attached hydrogens (tertiary/aromatic N) is 4. The second kappa shape index (κ2) is 4.12. The molecule has 0 radical (unpaired) electrons. The molecular formula is C8H11N7O2. The molecule has 4 N–H and O–H groups in total. The smallest absolute Gasteiger partial charge is 0.425 e. The van der Waals surface area contributed by atoms with E-state index in [1.54, 1.807) is 17.9 Å². The molecule has 9 heteroatoms. The Morgan fingerprint density at radius 3 is 3.00 bits per heavy atom. The van der Waals surface area contributed by atoms with Crippen molar-refractivity contribution in [3.8, 4) is 0 Å². The van der Waals surface area contributed by atoms with Crippen molar-refractivity contribution in [2.75, 3.05) is 18.3 Å². The van der Waals surface area contributed by atoms with Crippen molar-refractivity contribution >= 4 is 28.9 Å². The SMILES string of the molecule is COC(=O)NNc1nc(N)nc2c1cnn2C. The first-order valence-corrected chi connectivity index (χ1v) is 4.67. The van der Waals surface area contributed by atoms with Gasteiger partial charge in [-0.1, -0.05) is 0 Å². The van der Waals surface area contributed by atoms with Crippen LogP contribution in [0.5, 0.6) is 0 Å². The zero-order chi connectivity index (χ0) is 12.4. The topological polar surface area (TPSA) is 120 Å². The number of rotatable bonds is 2. The lowest BCUT2D eigenvalue weighted by atomic mass is 10.4. The van der Waals surface area contributed by atoms with Gasteiger partial charge in [-0.25, -0.2) is 10.2 Å². The number of nitrogens with one attached hydrogen (secondary N) is 2. The minimum Gasteiger partial charge on any atom is -0.452 e. The summed E-state index contributed by atoms with van der Waals surface area (Å²) in [7, 11) is 2.98. The van der Waals surface area contributed by atoms with Crippen molar-refractivity contribution in [3.05, 3.63) is 6.20 Å². The fraction of sp³-hybridized carbons (Fsp3) is 0.250. The van der Waals surface area contributed by atoms with E-state index in [4.69, 9.17) is 5.73 Å². The molecule has 0 aromatic carbocycles. The Kier molecular flexibility index (Phi) is 2.65. The van der Waals surface area contributed by atoms with Crippen LogP contribution in [0, 0.1) is 0 Å². The normalized spacial score (nSPS) is 10.2. The van der Waals surface area contributed by atoms with E-state index >= 15 is 0 Å². The molecule has 0 aliphatic carbocycles. The number of hydrogen-bond acceptors (Lipinski definition) is 7. The van der Waals surface area contributed by atoms with Crippen molar-refractivity contribution in [3.63, 3.8) is 0 Å². The summed E-state index contributed by atoms with van der Waals surface area (Å²) in [4.78, 5) is 18.9. The van der Waals surface area contributed by atoms with E-state index in [1.807, 2.05) is 0 Å². The highest BCUT2D eigenvalue weighted by atomic mass is 16.5. The monoisotopic (exact) mass is 237 g/mol. The third-order valence-corrected chi connectivity index (χ3v) is 2.08. The molecule has 0 fully saturated rings. The fourth-order valence-corrected chi connectivity index (χ4v) is 1.30. The molecule has 0 atom stereocenters. The van der Waals surface area contributed by atoms with Crippen LogP contribution in [0.2, 0.25) is 0 Å². The second-order valence-electron chi connectivity index (χ2n) is 3.18. The Bertz CT molecular complexity index is 564. The number of nitrogens with two attached hydrogens (primary N) is 1. The van der Waals surface area contributed by atoms with Crippen LogP contribution in [0.25, 0.3) is 11.0 Å². The number of anilines is 2. The van der Waals surface area contributed by atoms with Gasteiger partial charge in [-0.3, -0.25) is 10.1 Å². The number of aromatic nitrogens is 4. The largest absolute Gasteiger partial charge is 0.452 e. The third-order valence-electron chi connectivity index (χ3n) is 2.08. The van der Waals surface area contributed by atoms with Crippen LogP contribution in [0.1, 0.15) is 0 Å². The lowest BCUT2D eigenvalue weighted by Gasteiger charge is -2.07. The van der Waals surface area contributed by atoms with Crippen LogP contribution in [-0.4, -0.2) is 33.0 Å². The number of nitrogen functional groups attached to an aromatic ring is 1. The van der Waals surface area contributed by atoms with Gasteiger partial charge in [0.05, 0.1) is 18.7 Å². The van der Waals surface area contributed by atoms with Crippen molar-refractivity contribution in [2.24, 2.45) is 7.05 Å². The summed E-state index contributed by atoms with van der Waals surface area (Å²) in [5, 5.41) is 4.66. The van der Waals surface area contributed by atoms with Gasteiger partial charge in [-0.05, 0) is 0 Å². The summed E-state index contributed by atoms with van der Waals surface area (Å²) in [5.41, 5.74) is 11.0. The minimum absolute atomic E-state index is 0.0789. The Labute approximate surface area is 95.9 Å². The average molecular weight is 237 g/mol. The predicted octanol–water partition coefficient (Wildman–Crippen LogP) is -0.372. The van der Waals surface area contributed by atoms with Crippen LogP contribution in [0.4, 0.5) is 16.6 Å². The van der Waals surface area contributed by atoms with Gasteiger partial charge in [0.1, 0.15) is 0 Å². The molecule has 17 heavy (non-hydrogen) atoms. The van der Waals surface area contributed by atoms with Crippen LogP contribution >= 0.6 is 0 Å². The number of ether oxygens (including phenoxy) is 1. The number of methoxy groups -OCH3 is 1. The van der Waals surface area contributed by atoms with Crippen molar-refractivity contribution in [1.82, 2.24) is 25.2 Å². The molecule has 9 nitrogen and oxygen atoms in total. The first-order valence-electron chi connectivity index (χ1n) is 4.67. The molecule has 2 heterocycles. The summed E-state index contributed by atoms with van der Waals surface area (Å²) in [6, 6.07) is 0. The number of fused-ring (bicyclic) bond motifs is 1. The second-order valence-corrected chi connectivity index (χ2v) is 3.18. The number of carbonyl (C=O) groups is 1. The number of amides is 1. The number of hydrogen-bond donors (Lipinski definition) is 3. The molecule has 0 unspecified atom stereocenters. The summed E-state index contributed by atoms with van der Waals surface area (Å²) in [5.74, 6) is 0.432. The molecule has 2 aromatic rings. The zero-order valence-corrected chi connectivity index (χ0v) is 9.26. The van der Waals surface area contributed by atoms with Crippen LogP contribution in [-0.2, 0) is 11.8 Å².